The van der Waals surface area contributed by atoms with E-state index in [4.69, 9.17) is 0 Å². The summed E-state index contributed by atoms with van der Waals surface area (Å²) in [4.78, 5) is 9.09. The van der Waals surface area contributed by atoms with Crippen LogP contribution in [0.3, 0.4) is 0 Å². The number of likely N-dealkylation sites (N-methyl/N-ethyl adjacent to an activating group) is 1. The highest BCUT2D eigenvalue weighted by Gasteiger charge is 2.26. The fourth-order valence-corrected chi connectivity index (χ4v) is 2.74. The lowest BCUT2D eigenvalue weighted by Crippen LogP contribution is -2.41. The zero-order valence-corrected chi connectivity index (χ0v) is 12.0. The van der Waals surface area contributed by atoms with Gasteiger partial charge in [-0.2, -0.15) is 0 Å². The minimum atomic E-state index is 0.260. The Morgan fingerprint density at radius 1 is 1.47 bits per heavy atom. The molecule has 2 atom stereocenters. The molecule has 0 spiro atoms. The summed E-state index contributed by atoms with van der Waals surface area (Å²) >= 11 is 0. The molecule has 0 radical (unpaired) electrons. The first-order valence-electron chi connectivity index (χ1n) is 7.14. The maximum absolute atomic E-state index is 9.29. The van der Waals surface area contributed by atoms with Crippen molar-refractivity contribution in [3.05, 3.63) is 30.1 Å². The van der Waals surface area contributed by atoms with Gasteiger partial charge in [-0.25, -0.2) is 0 Å². The number of rotatable bonds is 4. The van der Waals surface area contributed by atoms with Crippen LogP contribution in [0.15, 0.2) is 24.5 Å². The van der Waals surface area contributed by atoms with E-state index in [1.807, 2.05) is 18.5 Å². The van der Waals surface area contributed by atoms with E-state index in [1.165, 1.54) is 12.0 Å². The maximum atomic E-state index is 9.29. The van der Waals surface area contributed by atoms with Crippen molar-refractivity contribution in [1.82, 2.24) is 14.8 Å². The van der Waals surface area contributed by atoms with Gasteiger partial charge < -0.3 is 10.0 Å². The van der Waals surface area contributed by atoms with Crippen molar-refractivity contribution < 1.29 is 5.11 Å². The molecule has 0 amide bonds. The van der Waals surface area contributed by atoms with Crippen molar-refractivity contribution in [2.45, 2.75) is 38.4 Å². The third-order valence-corrected chi connectivity index (χ3v) is 4.17. The van der Waals surface area contributed by atoms with Crippen LogP contribution >= 0.6 is 0 Å². The molecule has 0 aromatic carbocycles. The second kappa shape index (κ2) is 6.98. The average Bonchev–Trinajstić information content (AvgIpc) is 2.54. The Morgan fingerprint density at radius 2 is 2.32 bits per heavy atom. The predicted octanol–water partition coefficient (Wildman–Crippen LogP) is 1.36. The van der Waals surface area contributed by atoms with Crippen molar-refractivity contribution in [3.8, 4) is 0 Å². The second-order valence-electron chi connectivity index (χ2n) is 5.58. The number of pyridine rings is 1. The van der Waals surface area contributed by atoms with Crippen LogP contribution in [0.2, 0.25) is 0 Å². The van der Waals surface area contributed by atoms with Gasteiger partial charge in [-0.05, 0) is 38.4 Å². The summed E-state index contributed by atoms with van der Waals surface area (Å²) < 4.78 is 0. The summed E-state index contributed by atoms with van der Waals surface area (Å²) in [5.74, 6) is 0. The van der Waals surface area contributed by atoms with E-state index in [0.29, 0.717) is 12.1 Å². The molecule has 4 heteroatoms. The molecule has 1 aliphatic rings. The lowest BCUT2D eigenvalue weighted by molar-refractivity contribution is 0.140. The average molecular weight is 263 g/mol. The van der Waals surface area contributed by atoms with Crippen LogP contribution in [0.5, 0.6) is 0 Å². The predicted molar refractivity (Wildman–Crippen MR) is 76.8 cm³/mol. The number of nitrogens with zero attached hydrogens (tertiary/aromatic N) is 3. The summed E-state index contributed by atoms with van der Waals surface area (Å²) in [6.07, 6.45) is 5.77. The van der Waals surface area contributed by atoms with Gasteiger partial charge in [0.15, 0.2) is 0 Å². The van der Waals surface area contributed by atoms with Crippen LogP contribution in [0.25, 0.3) is 0 Å². The van der Waals surface area contributed by atoms with E-state index in [2.05, 4.69) is 34.8 Å². The first-order valence-corrected chi connectivity index (χ1v) is 7.14. The summed E-state index contributed by atoms with van der Waals surface area (Å²) in [5.41, 5.74) is 1.25. The Bertz CT molecular complexity index is 371. The number of hydrogen-bond donors (Lipinski definition) is 1. The smallest absolute Gasteiger partial charge is 0.0446 e. The summed E-state index contributed by atoms with van der Waals surface area (Å²) in [5, 5.41) is 9.29. The van der Waals surface area contributed by atoms with Gasteiger partial charge in [0.2, 0.25) is 0 Å². The van der Waals surface area contributed by atoms with Crippen molar-refractivity contribution >= 4 is 0 Å². The molecule has 1 N–H and O–H groups in total. The van der Waals surface area contributed by atoms with Crippen molar-refractivity contribution in [2.75, 3.05) is 26.7 Å². The third-order valence-electron chi connectivity index (χ3n) is 4.17. The van der Waals surface area contributed by atoms with Gasteiger partial charge >= 0.3 is 0 Å². The van der Waals surface area contributed by atoms with Gasteiger partial charge in [-0.15, -0.1) is 0 Å². The fourth-order valence-electron chi connectivity index (χ4n) is 2.74. The van der Waals surface area contributed by atoms with Crippen molar-refractivity contribution in [2.24, 2.45) is 0 Å². The van der Waals surface area contributed by atoms with Crippen molar-refractivity contribution in [1.29, 1.82) is 0 Å². The van der Waals surface area contributed by atoms with Crippen LogP contribution in [-0.4, -0.2) is 58.7 Å². The molecule has 106 valence electrons. The SMILES string of the molecule is CC1CCN(Cc2cccnc2)C(CCO)CN1C. The highest BCUT2D eigenvalue weighted by molar-refractivity contribution is 5.08. The molecule has 2 unspecified atom stereocenters. The quantitative estimate of drug-likeness (QED) is 0.890. The molecule has 2 heterocycles. The lowest BCUT2D eigenvalue weighted by Gasteiger charge is -2.30. The molecule has 4 nitrogen and oxygen atoms in total. The largest absolute Gasteiger partial charge is 0.396 e. The van der Waals surface area contributed by atoms with Crippen LogP contribution < -0.4 is 0 Å². The minimum absolute atomic E-state index is 0.260. The van der Waals surface area contributed by atoms with Crippen LogP contribution in [-0.2, 0) is 6.54 Å². The van der Waals surface area contributed by atoms with E-state index in [0.717, 1.165) is 26.1 Å². The van der Waals surface area contributed by atoms with Crippen LogP contribution in [0.1, 0.15) is 25.3 Å². The molecule has 19 heavy (non-hydrogen) atoms. The topological polar surface area (TPSA) is 39.6 Å². The highest BCUT2D eigenvalue weighted by atomic mass is 16.3. The van der Waals surface area contributed by atoms with E-state index < -0.39 is 0 Å². The van der Waals surface area contributed by atoms with Gasteiger partial charge in [0.25, 0.3) is 0 Å². The van der Waals surface area contributed by atoms with Gasteiger partial charge in [-0.3, -0.25) is 9.88 Å². The van der Waals surface area contributed by atoms with Gasteiger partial charge in [0.05, 0.1) is 0 Å². The standard InChI is InChI=1S/C15H25N3O/c1-13-5-8-18(11-14-4-3-7-16-10-14)15(6-9-19)12-17(13)2/h3-4,7,10,13,15,19H,5-6,8-9,11-12H2,1-2H3. The molecule has 2 rings (SSSR count). The zero-order valence-electron chi connectivity index (χ0n) is 12.0. The highest BCUT2D eigenvalue weighted by Crippen LogP contribution is 2.18. The summed E-state index contributed by atoms with van der Waals surface area (Å²) in [7, 11) is 2.18. The Balaban J connectivity index is 2.06. The molecule has 0 aliphatic carbocycles. The van der Waals surface area contributed by atoms with Crippen LogP contribution in [0, 0.1) is 0 Å². The normalized spacial score (nSPS) is 26.3. The minimum Gasteiger partial charge on any atom is -0.396 e. The molecule has 1 aromatic heterocycles. The van der Waals surface area contributed by atoms with Crippen molar-refractivity contribution in [3.63, 3.8) is 0 Å². The Kier molecular flexibility index (Phi) is 5.31. The van der Waals surface area contributed by atoms with E-state index >= 15 is 0 Å². The first-order chi connectivity index (χ1) is 9.20. The molecule has 0 bridgehead atoms. The molecular weight excluding hydrogens is 238 g/mol. The van der Waals surface area contributed by atoms with E-state index in [-0.39, 0.29) is 6.61 Å². The molecule has 1 aromatic rings. The zero-order chi connectivity index (χ0) is 13.7. The van der Waals surface area contributed by atoms with Crippen LogP contribution in [0.4, 0.5) is 0 Å². The van der Waals surface area contributed by atoms with E-state index in [9.17, 15) is 5.11 Å². The monoisotopic (exact) mass is 263 g/mol. The molecule has 1 aliphatic heterocycles. The molecule has 1 saturated heterocycles. The van der Waals surface area contributed by atoms with Gasteiger partial charge in [0, 0.05) is 50.7 Å². The Hall–Kier alpha value is -0.970. The van der Waals surface area contributed by atoms with Gasteiger partial charge in [-0.1, -0.05) is 6.07 Å². The second-order valence-corrected chi connectivity index (χ2v) is 5.58. The molecular formula is C15H25N3O. The third kappa shape index (κ3) is 4.00. The summed E-state index contributed by atoms with van der Waals surface area (Å²) in [6, 6.07) is 5.16. The fraction of sp³-hybridized carbons (Fsp3) is 0.667. The molecule has 0 saturated carbocycles. The molecule has 1 fully saturated rings. The first kappa shape index (κ1) is 14.4. The number of aliphatic hydroxyl groups is 1. The number of aromatic nitrogens is 1. The number of hydrogen-bond acceptors (Lipinski definition) is 4. The maximum Gasteiger partial charge on any atom is 0.0446 e. The lowest BCUT2D eigenvalue weighted by atomic mass is 10.1. The Labute approximate surface area is 116 Å². The number of aliphatic hydroxyl groups excluding tert-OH is 1. The summed E-state index contributed by atoms with van der Waals surface area (Å²) in [6.45, 7) is 5.59. The Morgan fingerprint density at radius 3 is 3.00 bits per heavy atom. The van der Waals surface area contributed by atoms with E-state index in [1.54, 1.807) is 0 Å². The van der Waals surface area contributed by atoms with Gasteiger partial charge in [0.1, 0.15) is 0 Å².